The van der Waals surface area contributed by atoms with Gasteiger partial charge in [-0.3, -0.25) is 14.9 Å². The molecule has 0 atom stereocenters. The van der Waals surface area contributed by atoms with Gasteiger partial charge in [0.2, 0.25) is 0 Å². The molecule has 0 bridgehead atoms. The maximum atomic E-state index is 12.5. The number of rotatable bonds is 6. The van der Waals surface area contributed by atoms with Crippen molar-refractivity contribution in [1.82, 2.24) is 4.90 Å². The maximum Gasteiger partial charge on any atom is 0.284 e. The van der Waals surface area contributed by atoms with E-state index in [2.05, 4.69) is 15.9 Å². The van der Waals surface area contributed by atoms with Gasteiger partial charge in [-0.2, -0.15) is 0 Å². The van der Waals surface area contributed by atoms with Crippen molar-refractivity contribution >= 4 is 27.5 Å². The van der Waals surface area contributed by atoms with Gasteiger partial charge in [-0.05, 0) is 34.8 Å². The number of nitrogens with zero attached hydrogens (tertiary/aromatic N) is 2. The minimum absolute atomic E-state index is 0.0988. The lowest BCUT2D eigenvalue weighted by atomic mass is 10.1. The van der Waals surface area contributed by atoms with Gasteiger partial charge in [0.25, 0.3) is 11.6 Å². The molecule has 1 aromatic rings. The lowest BCUT2D eigenvalue weighted by Crippen LogP contribution is -2.36. The van der Waals surface area contributed by atoms with Crippen LogP contribution in [0.15, 0.2) is 22.7 Å². The number of halogens is 1. The predicted octanol–water partition coefficient (Wildman–Crippen LogP) is 2.61. The van der Waals surface area contributed by atoms with Gasteiger partial charge >= 0.3 is 0 Å². The van der Waals surface area contributed by atoms with Gasteiger partial charge in [-0.1, -0.05) is 6.07 Å². The summed E-state index contributed by atoms with van der Waals surface area (Å²) in [6.45, 7) is 0.948. The first-order valence-electron chi connectivity index (χ1n) is 6.29. The van der Waals surface area contributed by atoms with E-state index in [1.807, 2.05) is 0 Å². The fourth-order valence-electron chi connectivity index (χ4n) is 2.01. The summed E-state index contributed by atoms with van der Waals surface area (Å²) in [6.07, 6.45) is 1.95. The Balaban J connectivity index is 2.27. The highest BCUT2D eigenvalue weighted by molar-refractivity contribution is 9.10. The predicted molar refractivity (Wildman–Crippen MR) is 76.7 cm³/mol. The van der Waals surface area contributed by atoms with Crippen LogP contribution in [-0.4, -0.2) is 42.0 Å². The van der Waals surface area contributed by atoms with E-state index in [-0.39, 0.29) is 22.1 Å². The number of benzene rings is 1. The van der Waals surface area contributed by atoms with Crippen molar-refractivity contribution in [3.63, 3.8) is 0 Å². The summed E-state index contributed by atoms with van der Waals surface area (Å²) in [4.78, 5) is 24.7. The van der Waals surface area contributed by atoms with Gasteiger partial charge in [-0.15, -0.1) is 0 Å². The van der Waals surface area contributed by atoms with Crippen LogP contribution in [0.4, 0.5) is 5.69 Å². The van der Waals surface area contributed by atoms with Crippen molar-refractivity contribution in [2.45, 2.75) is 18.9 Å². The van der Waals surface area contributed by atoms with Crippen LogP contribution >= 0.6 is 15.9 Å². The minimum Gasteiger partial charge on any atom is -0.383 e. The molecule has 7 heteroatoms. The highest BCUT2D eigenvalue weighted by Crippen LogP contribution is 2.32. The zero-order chi connectivity index (χ0) is 14.7. The van der Waals surface area contributed by atoms with Gasteiger partial charge in [-0.25, -0.2) is 0 Å². The molecule has 0 spiro atoms. The number of nitro benzene ring substituents is 1. The summed E-state index contributed by atoms with van der Waals surface area (Å²) in [5.74, 6) is -0.194. The molecule has 20 heavy (non-hydrogen) atoms. The Morgan fingerprint density at radius 2 is 2.25 bits per heavy atom. The third-order valence-electron chi connectivity index (χ3n) is 3.19. The molecular formula is C13H15BrN2O4. The number of ether oxygens (including phenoxy) is 1. The van der Waals surface area contributed by atoms with E-state index in [1.54, 1.807) is 18.1 Å². The molecule has 0 N–H and O–H groups in total. The number of hydrogen-bond acceptors (Lipinski definition) is 4. The molecule has 1 fully saturated rings. The van der Waals surface area contributed by atoms with E-state index in [0.29, 0.717) is 18.7 Å². The number of hydrogen-bond donors (Lipinski definition) is 0. The molecule has 0 saturated heterocycles. The summed E-state index contributed by atoms with van der Waals surface area (Å²) in [7, 11) is 1.58. The molecule has 0 radical (unpaired) electrons. The normalized spacial score (nSPS) is 14.1. The number of amides is 1. The summed E-state index contributed by atoms with van der Waals surface area (Å²) in [6, 6.07) is 4.72. The van der Waals surface area contributed by atoms with E-state index in [1.165, 1.54) is 12.1 Å². The van der Waals surface area contributed by atoms with Crippen molar-refractivity contribution in [1.29, 1.82) is 0 Å². The van der Waals surface area contributed by atoms with Crippen LogP contribution in [-0.2, 0) is 4.74 Å². The summed E-state index contributed by atoms with van der Waals surface area (Å²) >= 11 is 3.17. The molecule has 1 aliphatic carbocycles. The van der Waals surface area contributed by atoms with Gasteiger partial charge in [0, 0.05) is 25.8 Å². The average molecular weight is 343 g/mol. The van der Waals surface area contributed by atoms with Crippen LogP contribution in [0.25, 0.3) is 0 Å². The standard InChI is InChI=1S/C13H15BrN2O4/c1-20-8-7-15(9-5-6-9)13(17)10-3-2-4-11(12(10)14)16(18)19/h2-4,9H,5-8H2,1H3. The molecular weight excluding hydrogens is 328 g/mol. The highest BCUT2D eigenvalue weighted by Gasteiger charge is 2.34. The first-order valence-corrected chi connectivity index (χ1v) is 7.08. The van der Waals surface area contributed by atoms with Crippen LogP contribution < -0.4 is 0 Å². The van der Waals surface area contributed by atoms with Crippen molar-refractivity contribution < 1.29 is 14.5 Å². The van der Waals surface area contributed by atoms with E-state index in [4.69, 9.17) is 4.74 Å². The zero-order valence-corrected chi connectivity index (χ0v) is 12.6. The molecule has 1 aromatic carbocycles. The van der Waals surface area contributed by atoms with Gasteiger partial charge in [0.15, 0.2) is 0 Å². The minimum atomic E-state index is -0.502. The second-order valence-corrected chi connectivity index (χ2v) is 5.41. The molecule has 1 amide bonds. The Bertz CT molecular complexity index is 531. The van der Waals surface area contributed by atoms with Gasteiger partial charge < -0.3 is 9.64 Å². The SMILES string of the molecule is COCCN(C(=O)c1cccc([N+](=O)[O-])c1Br)C1CC1. The fraction of sp³-hybridized carbons (Fsp3) is 0.462. The highest BCUT2D eigenvalue weighted by atomic mass is 79.9. The molecule has 0 aromatic heterocycles. The lowest BCUT2D eigenvalue weighted by molar-refractivity contribution is -0.385. The van der Waals surface area contributed by atoms with Crippen molar-refractivity contribution in [3.05, 3.63) is 38.3 Å². The van der Waals surface area contributed by atoms with Crippen LogP contribution in [0.3, 0.4) is 0 Å². The molecule has 108 valence electrons. The molecule has 6 nitrogen and oxygen atoms in total. The zero-order valence-electron chi connectivity index (χ0n) is 11.0. The molecule has 0 heterocycles. The Labute approximate surface area is 125 Å². The summed E-state index contributed by atoms with van der Waals surface area (Å²) in [5.41, 5.74) is 0.223. The fourth-order valence-corrected chi connectivity index (χ4v) is 2.59. The van der Waals surface area contributed by atoms with Crippen LogP contribution in [0.2, 0.25) is 0 Å². The number of methoxy groups -OCH3 is 1. The topological polar surface area (TPSA) is 72.7 Å². The summed E-state index contributed by atoms with van der Waals surface area (Å²) < 4.78 is 5.25. The molecule has 1 saturated carbocycles. The molecule has 2 rings (SSSR count). The second-order valence-electron chi connectivity index (χ2n) is 4.62. The van der Waals surface area contributed by atoms with E-state index >= 15 is 0 Å². The molecule has 1 aliphatic rings. The third kappa shape index (κ3) is 3.16. The van der Waals surface area contributed by atoms with Crippen molar-refractivity contribution in [2.75, 3.05) is 20.3 Å². The Morgan fingerprint density at radius 3 is 2.80 bits per heavy atom. The first kappa shape index (κ1) is 14.9. The summed E-state index contributed by atoms with van der Waals surface area (Å²) in [5, 5.41) is 10.9. The van der Waals surface area contributed by atoms with Crippen molar-refractivity contribution in [2.24, 2.45) is 0 Å². The smallest absolute Gasteiger partial charge is 0.284 e. The molecule has 0 unspecified atom stereocenters. The Kier molecular flexibility index (Phi) is 4.72. The second kappa shape index (κ2) is 6.32. The van der Waals surface area contributed by atoms with E-state index < -0.39 is 4.92 Å². The van der Waals surface area contributed by atoms with E-state index in [9.17, 15) is 14.9 Å². The van der Waals surface area contributed by atoms with Crippen LogP contribution in [0, 0.1) is 10.1 Å². The maximum absolute atomic E-state index is 12.5. The number of carbonyl (C=O) groups excluding carboxylic acids is 1. The van der Waals surface area contributed by atoms with Crippen LogP contribution in [0.1, 0.15) is 23.2 Å². The van der Waals surface area contributed by atoms with Crippen LogP contribution in [0.5, 0.6) is 0 Å². The van der Waals surface area contributed by atoms with E-state index in [0.717, 1.165) is 12.8 Å². The lowest BCUT2D eigenvalue weighted by Gasteiger charge is -2.22. The Hall–Kier alpha value is -1.47. The number of nitro groups is 1. The monoisotopic (exact) mass is 342 g/mol. The average Bonchev–Trinajstić information content (AvgIpc) is 3.23. The van der Waals surface area contributed by atoms with Gasteiger partial charge in [0.1, 0.15) is 4.47 Å². The third-order valence-corrected chi connectivity index (χ3v) is 4.02. The van der Waals surface area contributed by atoms with Gasteiger partial charge in [0.05, 0.1) is 17.1 Å². The van der Waals surface area contributed by atoms with Crippen molar-refractivity contribution in [3.8, 4) is 0 Å². The quantitative estimate of drug-likeness (QED) is 0.588. The molecule has 0 aliphatic heterocycles. The Morgan fingerprint density at radius 1 is 1.55 bits per heavy atom. The largest absolute Gasteiger partial charge is 0.383 e. The number of carbonyl (C=O) groups is 1. The first-order chi connectivity index (χ1) is 9.56.